The van der Waals surface area contributed by atoms with Gasteiger partial charge in [0.05, 0.1) is 29.3 Å². The molecule has 0 aliphatic rings. The fourth-order valence-electron chi connectivity index (χ4n) is 2.46. The van der Waals surface area contributed by atoms with Gasteiger partial charge in [0.2, 0.25) is 5.88 Å². The summed E-state index contributed by atoms with van der Waals surface area (Å²) in [5.74, 6) is -1.51. The molecule has 2 heterocycles. The highest BCUT2D eigenvalue weighted by Crippen LogP contribution is 2.34. The maximum Gasteiger partial charge on any atom is 0.434 e. The number of ether oxygens (including phenoxy) is 1. The summed E-state index contributed by atoms with van der Waals surface area (Å²) in [6.45, 7) is -1.56. The van der Waals surface area contributed by atoms with Crippen LogP contribution in [0.15, 0.2) is 48.8 Å². The van der Waals surface area contributed by atoms with Crippen molar-refractivity contribution in [3.63, 3.8) is 0 Å². The number of carbonyl (C=O) groups is 1. The van der Waals surface area contributed by atoms with Crippen LogP contribution in [0.4, 0.5) is 32.0 Å². The molecule has 1 aromatic carbocycles. The van der Waals surface area contributed by atoms with E-state index in [1.807, 2.05) is 0 Å². The van der Waals surface area contributed by atoms with E-state index < -0.39 is 36.1 Å². The Kier molecular flexibility index (Phi) is 6.11. The zero-order valence-electron chi connectivity index (χ0n) is 15.1. The third-order valence-electron chi connectivity index (χ3n) is 3.73. The van der Waals surface area contributed by atoms with E-state index in [0.717, 1.165) is 24.5 Å². The number of alkyl halides is 6. The van der Waals surface area contributed by atoms with Crippen molar-refractivity contribution < 1.29 is 35.9 Å². The van der Waals surface area contributed by atoms with E-state index in [9.17, 15) is 31.1 Å². The Balaban J connectivity index is 1.82. The van der Waals surface area contributed by atoms with Crippen LogP contribution < -0.4 is 10.1 Å². The largest absolute Gasteiger partial charge is 0.468 e. The van der Waals surface area contributed by atoms with Gasteiger partial charge >= 0.3 is 12.4 Å². The van der Waals surface area contributed by atoms with Crippen LogP contribution in [-0.2, 0) is 6.18 Å². The van der Waals surface area contributed by atoms with Gasteiger partial charge in [0.15, 0.2) is 12.3 Å². The molecule has 0 atom stereocenters. The number of nitrogens with zero attached hydrogens (tertiary/aromatic N) is 3. The summed E-state index contributed by atoms with van der Waals surface area (Å²) in [6, 6.07) is 7.50. The van der Waals surface area contributed by atoms with E-state index in [1.165, 1.54) is 24.3 Å². The molecule has 0 radical (unpaired) electrons. The summed E-state index contributed by atoms with van der Waals surface area (Å²) in [4.78, 5) is 16.0. The van der Waals surface area contributed by atoms with Gasteiger partial charge in [0.25, 0.3) is 5.91 Å². The van der Waals surface area contributed by atoms with Gasteiger partial charge in [-0.3, -0.25) is 4.79 Å². The van der Waals surface area contributed by atoms with Crippen LogP contribution in [0.5, 0.6) is 5.88 Å². The standard InChI is InChI=1S/C18H11ClF6N4O2/c19-10-1-4-12(5-2-10)29-15(18(23,24)25)13(8-27-29)16(30)28-11-3-6-14(26-7-11)31-9-17(20,21)22/h1-8H,9H2,(H,28,30). The highest BCUT2D eigenvalue weighted by Gasteiger charge is 2.40. The molecule has 0 saturated carbocycles. The lowest BCUT2D eigenvalue weighted by Crippen LogP contribution is -2.21. The summed E-state index contributed by atoms with van der Waals surface area (Å²) in [6.07, 6.45) is -7.79. The minimum atomic E-state index is -4.92. The monoisotopic (exact) mass is 464 g/mol. The highest BCUT2D eigenvalue weighted by molar-refractivity contribution is 6.30. The Morgan fingerprint density at radius 1 is 1.03 bits per heavy atom. The SMILES string of the molecule is O=C(Nc1ccc(OCC(F)(F)F)nc1)c1cnn(-c2ccc(Cl)cc2)c1C(F)(F)F. The molecule has 164 valence electrons. The Morgan fingerprint density at radius 2 is 1.71 bits per heavy atom. The van der Waals surface area contributed by atoms with Crippen molar-refractivity contribution in [3.8, 4) is 11.6 Å². The van der Waals surface area contributed by atoms with Crippen LogP contribution in [0.25, 0.3) is 5.69 Å². The van der Waals surface area contributed by atoms with E-state index in [-0.39, 0.29) is 17.3 Å². The molecule has 6 nitrogen and oxygen atoms in total. The first kappa shape index (κ1) is 22.4. The molecule has 0 spiro atoms. The fraction of sp³-hybridized carbons (Fsp3) is 0.167. The first-order valence-corrected chi connectivity index (χ1v) is 8.70. The quantitative estimate of drug-likeness (QED) is 0.531. The zero-order chi connectivity index (χ0) is 22.8. The molecule has 2 aromatic heterocycles. The van der Waals surface area contributed by atoms with Crippen molar-refractivity contribution in [3.05, 3.63) is 65.1 Å². The molecular formula is C18H11ClF6N4O2. The number of aromatic nitrogens is 3. The Bertz CT molecular complexity index is 1060. The van der Waals surface area contributed by atoms with Crippen LogP contribution >= 0.6 is 11.6 Å². The first-order valence-electron chi connectivity index (χ1n) is 8.32. The number of halogens is 7. The number of rotatable bonds is 5. The number of hydrogen-bond acceptors (Lipinski definition) is 4. The molecule has 0 unspecified atom stereocenters. The number of pyridine rings is 1. The van der Waals surface area contributed by atoms with Crippen LogP contribution in [0.3, 0.4) is 0 Å². The molecular weight excluding hydrogens is 454 g/mol. The smallest absolute Gasteiger partial charge is 0.434 e. The van der Waals surface area contributed by atoms with Gasteiger partial charge < -0.3 is 10.1 Å². The van der Waals surface area contributed by atoms with Gasteiger partial charge in [-0.25, -0.2) is 9.67 Å². The maximum atomic E-state index is 13.7. The van der Waals surface area contributed by atoms with Crippen molar-refractivity contribution in [2.24, 2.45) is 0 Å². The molecule has 0 bridgehead atoms. The van der Waals surface area contributed by atoms with E-state index >= 15 is 0 Å². The maximum absolute atomic E-state index is 13.7. The second kappa shape index (κ2) is 8.46. The Labute approximate surface area is 175 Å². The normalized spacial score (nSPS) is 12.0. The van der Waals surface area contributed by atoms with Crippen LogP contribution in [0, 0.1) is 0 Å². The van der Waals surface area contributed by atoms with Crippen molar-refractivity contribution in [2.45, 2.75) is 12.4 Å². The molecule has 1 N–H and O–H groups in total. The van der Waals surface area contributed by atoms with Gasteiger partial charge in [-0.05, 0) is 30.3 Å². The molecule has 0 aliphatic carbocycles. The van der Waals surface area contributed by atoms with E-state index in [2.05, 4.69) is 20.1 Å². The van der Waals surface area contributed by atoms with Crippen molar-refractivity contribution in [1.29, 1.82) is 0 Å². The predicted octanol–water partition coefficient (Wildman–Crippen LogP) is 5.13. The average molecular weight is 465 g/mol. The first-order chi connectivity index (χ1) is 14.4. The second-order valence-corrected chi connectivity index (χ2v) is 6.47. The lowest BCUT2D eigenvalue weighted by molar-refractivity contribution is -0.154. The molecule has 0 aliphatic heterocycles. The van der Waals surface area contributed by atoms with Crippen LogP contribution in [-0.4, -0.2) is 33.5 Å². The number of amides is 1. The van der Waals surface area contributed by atoms with Gasteiger partial charge in [-0.15, -0.1) is 0 Å². The highest BCUT2D eigenvalue weighted by atomic mass is 35.5. The van der Waals surface area contributed by atoms with Crippen LogP contribution in [0.1, 0.15) is 16.1 Å². The third-order valence-corrected chi connectivity index (χ3v) is 3.98. The summed E-state index contributed by atoms with van der Waals surface area (Å²) < 4.78 is 82.4. The molecule has 31 heavy (non-hydrogen) atoms. The van der Waals surface area contributed by atoms with Gasteiger partial charge in [0.1, 0.15) is 0 Å². The lowest BCUT2D eigenvalue weighted by Gasteiger charge is -2.13. The zero-order valence-corrected chi connectivity index (χ0v) is 15.9. The topological polar surface area (TPSA) is 69.0 Å². The summed E-state index contributed by atoms with van der Waals surface area (Å²) >= 11 is 5.74. The van der Waals surface area contributed by atoms with Crippen molar-refractivity contribution >= 4 is 23.2 Å². The Hall–Kier alpha value is -3.28. The van der Waals surface area contributed by atoms with Gasteiger partial charge in [-0.1, -0.05) is 11.6 Å². The molecule has 13 heteroatoms. The number of hydrogen-bond donors (Lipinski definition) is 1. The summed E-state index contributed by atoms with van der Waals surface area (Å²) in [7, 11) is 0. The number of nitrogens with one attached hydrogen (secondary N) is 1. The predicted molar refractivity (Wildman–Crippen MR) is 97.3 cm³/mol. The molecule has 3 rings (SSSR count). The molecule has 1 amide bonds. The van der Waals surface area contributed by atoms with Crippen molar-refractivity contribution in [2.75, 3.05) is 11.9 Å². The van der Waals surface area contributed by atoms with Gasteiger partial charge in [-0.2, -0.15) is 31.4 Å². The third kappa shape index (κ3) is 5.66. The Morgan fingerprint density at radius 3 is 2.26 bits per heavy atom. The minimum absolute atomic E-state index is 0.0311. The molecule has 0 fully saturated rings. The van der Waals surface area contributed by atoms with E-state index in [0.29, 0.717) is 9.70 Å². The van der Waals surface area contributed by atoms with Gasteiger partial charge in [0, 0.05) is 11.1 Å². The number of carbonyl (C=O) groups excluding carboxylic acids is 1. The average Bonchev–Trinajstić information content (AvgIpc) is 3.13. The summed E-state index contributed by atoms with van der Waals surface area (Å²) in [5, 5.41) is 6.15. The number of anilines is 1. The summed E-state index contributed by atoms with van der Waals surface area (Å²) in [5.41, 5.74) is -2.11. The second-order valence-electron chi connectivity index (χ2n) is 6.04. The number of benzene rings is 1. The molecule has 0 saturated heterocycles. The van der Waals surface area contributed by atoms with E-state index in [4.69, 9.17) is 11.6 Å². The minimum Gasteiger partial charge on any atom is -0.468 e. The van der Waals surface area contributed by atoms with E-state index in [1.54, 1.807) is 0 Å². The fourth-order valence-corrected chi connectivity index (χ4v) is 2.59. The van der Waals surface area contributed by atoms with Crippen molar-refractivity contribution in [1.82, 2.24) is 14.8 Å². The lowest BCUT2D eigenvalue weighted by atomic mass is 10.2. The van der Waals surface area contributed by atoms with Crippen LogP contribution in [0.2, 0.25) is 5.02 Å². The molecule has 3 aromatic rings.